The maximum atomic E-state index is 12.9. The third-order valence-electron chi connectivity index (χ3n) is 3.62. The maximum absolute atomic E-state index is 12.9. The van der Waals surface area contributed by atoms with Crippen molar-refractivity contribution in [3.05, 3.63) is 67.9 Å². The van der Waals surface area contributed by atoms with Crippen LogP contribution in [0.25, 0.3) is 17.1 Å². The number of nitro benzene ring substituents is 1. The highest BCUT2D eigenvalue weighted by Crippen LogP contribution is 2.34. The molecule has 0 aliphatic rings. The highest BCUT2D eigenvalue weighted by atomic mass is 35.5. The summed E-state index contributed by atoms with van der Waals surface area (Å²) < 4.78 is 40.4. The van der Waals surface area contributed by atoms with Gasteiger partial charge in [0, 0.05) is 16.7 Å². The SMILES string of the molecule is Nn1c(-c2cccc(Cl)c2)nn(-c2ccc(C(F)(F)F)cc2[N+](=O)[O-])c1=S. The molecule has 0 aliphatic carbocycles. The lowest BCUT2D eigenvalue weighted by Gasteiger charge is -2.08. The van der Waals surface area contributed by atoms with Crippen LogP contribution in [0.1, 0.15) is 5.56 Å². The van der Waals surface area contributed by atoms with Gasteiger partial charge in [0.15, 0.2) is 5.82 Å². The Morgan fingerprint density at radius 1 is 1.22 bits per heavy atom. The summed E-state index contributed by atoms with van der Waals surface area (Å²) in [4.78, 5) is 10.4. The molecule has 3 rings (SSSR count). The van der Waals surface area contributed by atoms with E-state index in [0.717, 1.165) is 15.4 Å². The van der Waals surface area contributed by atoms with E-state index in [1.54, 1.807) is 24.3 Å². The van der Waals surface area contributed by atoms with Crippen molar-refractivity contribution in [2.75, 3.05) is 5.84 Å². The molecular weight excluding hydrogens is 407 g/mol. The Morgan fingerprint density at radius 2 is 1.93 bits per heavy atom. The molecule has 0 saturated heterocycles. The molecule has 0 unspecified atom stereocenters. The van der Waals surface area contributed by atoms with Gasteiger partial charge in [-0.25, -0.2) is 4.68 Å². The predicted octanol–water partition coefficient (Wildman–Crippen LogP) is 4.36. The summed E-state index contributed by atoms with van der Waals surface area (Å²) in [5, 5.41) is 15.8. The van der Waals surface area contributed by atoms with Gasteiger partial charge in [0.05, 0.1) is 10.5 Å². The van der Waals surface area contributed by atoms with Crippen molar-refractivity contribution in [3.8, 4) is 17.1 Å². The average Bonchev–Trinajstić information content (AvgIpc) is 2.89. The van der Waals surface area contributed by atoms with E-state index in [1.807, 2.05) is 0 Å². The molecule has 0 spiro atoms. The molecule has 7 nitrogen and oxygen atoms in total. The molecule has 2 N–H and O–H groups in total. The van der Waals surface area contributed by atoms with Crippen LogP contribution in [0.15, 0.2) is 42.5 Å². The van der Waals surface area contributed by atoms with Crippen molar-refractivity contribution in [2.24, 2.45) is 0 Å². The lowest BCUT2D eigenvalue weighted by molar-refractivity contribution is -0.384. The smallest absolute Gasteiger partial charge is 0.335 e. The van der Waals surface area contributed by atoms with Crippen molar-refractivity contribution in [1.29, 1.82) is 0 Å². The molecule has 0 saturated carbocycles. The second-order valence-electron chi connectivity index (χ2n) is 5.36. The minimum absolute atomic E-state index is 0.136. The first kappa shape index (κ1) is 18.9. The van der Waals surface area contributed by atoms with E-state index in [1.165, 1.54) is 0 Å². The summed E-state index contributed by atoms with van der Waals surface area (Å²) in [7, 11) is 0. The third kappa shape index (κ3) is 3.51. The summed E-state index contributed by atoms with van der Waals surface area (Å²) in [6.45, 7) is 0. The lowest BCUT2D eigenvalue weighted by atomic mass is 10.1. The van der Waals surface area contributed by atoms with Crippen LogP contribution in [0.5, 0.6) is 0 Å². The molecule has 2 aromatic carbocycles. The van der Waals surface area contributed by atoms with E-state index in [9.17, 15) is 23.3 Å². The standard InChI is InChI=1S/C15H9ClF3N5O2S/c16-10-3-1-2-8(6-10)13-21-23(14(27)22(13)20)11-5-4-9(15(17,18)19)7-12(11)24(25)26/h1-7H,20H2. The summed E-state index contributed by atoms with van der Waals surface area (Å²) in [6.07, 6.45) is -4.73. The predicted molar refractivity (Wildman–Crippen MR) is 94.6 cm³/mol. The first-order valence-corrected chi connectivity index (χ1v) is 7.97. The number of hydrogen-bond donors (Lipinski definition) is 1. The maximum Gasteiger partial charge on any atom is 0.416 e. The molecule has 12 heteroatoms. The minimum atomic E-state index is -4.73. The largest absolute Gasteiger partial charge is 0.416 e. The van der Waals surface area contributed by atoms with Gasteiger partial charge in [-0.2, -0.15) is 17.9 Å². The molecule has 0 atom stereocenters. The highest BCUT2D eigenvalue weighted by molar-refractivity contribution is 7.71. The van der Waals surface area contributed by atoms with Crippen LogP contribution in [0, 0.1) is 14.9 Å². The van der Waals surface area contributed by atoms with Crippen LogP contribution in [0.3, 0.4) is 0 Å². The summed E-state index contributed by atoms with van der Waals surface area (Å²) in [5.74, 6) is 6.02. The summed E-state index contributed by atoms with van der Waals surface area (Å²) >= 11 is 11.1. The molecular formula is C15H9ClF3N5O2S. The van der Waals surface area contributed by atoms with E-state index in [-0.39, 0.29) is 16.3 Å². The fraction of sp³-hybridized carbons (Fsp3) is 0.0667. The third-order valence-corrected chi connectivity index (χ3v) is 4.23. The minimum Gasteiger partial charge on any atom is -0.335 e. The number of halogens is 4. The molecule has 0 fully saturated rings. The molecule has 0 amide bonds. The zero-order valence-electron chi connectivity index (χ0n) is 13.1. The Kier molecular flexibility index (Phi) is 4.66. The molecule has 0 radical (unpaired) electrons. The van der Waals surface area contributed by atoms with Crippen molar-refractivity contribution in [3.63, 3.8) is 0 Å². The average molecular weight is 416 g/mol. The number of nitro groups is 1. The lowest BCUT2D eigenvalue weighted by Crippen LogP contribution is -2.11. The van der Waals surface area contributed by atoms with Gasteiger partial charge in [-0.3, -0.25) is 10.1 Å². The fourth-order valence-corrected chi connectivity index (χ4v) is 2.80. The number of nitrogens with two attached hydrogens (primary N) is 1. The van der Waals surface area contributed by atoms with E-state index in [4.69, 9.17) is 29.7 Å². The molecule has 1 aromatic heterocycles. The van der Waals surface area contributed by atoms with Crippen molar-refractivity contribution in [1.82, 2.24) is 14.5 Å². The van der Waals surface area contributed by atoms with Gasteiger partial charge >= 0.3 is 6.18 Å². The number of rotatable bonds is 3. The van der Waals surface area contributed by atoms with Crippen LogP contribution in [-0.4, -0.2) is 19.4 Å². The van der Waals surface area contributed by atoms with Gasteiger partial charge in [0.25, 0.3) is 5.69 Å². The zero-order chi connectivity index (χ0) is 19.9. The van der Waals surface area contributed by atoms with Gasteiger partial charge in [0.1, 0.15) is 5.69 Å². The monoisotopic (exact) mass is 415 g/mol. The van der Waals surface area contributed by atoms with Crippen LogP contribution in [-0.2, 0) is 6.18 Å². The van der Waals surface area contributed by atoms with Gasteiger partial charge in [-0.1, -0.05) is 23.7 Å². The van der Waals surface area contributed by atoms with Crippen LogP contribution in [0.4, 0.5) is 18.9 Å². The zero-order valence-corrected chi connectivity index (χ0v) is 14.7. The van der Waals surface area contributed by atoms with Crippen molar-refractivity contribution >= 4 is 29.5 Å². The van der Waals surface area contributed by atoms with E-state index >= 15 is 0 Å². The van der Waals surface area contributed by atoms with E-state index < -0.39 is 22.4 Å². The normalized spacial score (nSPS) is 11.6. The fourth-order valence-electron chi connectivity index (χ4n) is 2.38. The number of nitrogens with zero attached hydrogens (tertiary/aromatic N) is 4. The summed E-state index contributed by atoms with van der Waals surface area (Å²) in [6, 6.07) is 8.50. The number of benzene rings is 2. The second-order valence-corrected chi connectivity index (χ2v) is 6.16. The number of hydrogen-bond acceptors (Lipinski definition) is 5. The van der Waals surface area contributed by atoms with E-state index in [0.29, 0.717) is 22.7 Å². The van der Waals surface area contributed by atoms with Crippen LogP contribution < -0.4 is 5.84 Å². The topological polar surface area (TPSA) is 91.9 Å². The molecule has 0 bridgehead atoms. The van der Waals surface area contributed by atoms with Crippen LogP contribution in [0.2, 0.25) is 5.02 Å². The first-order chi connectivity index (χ1) is 12.6. The van der Waals surface area contributed by atoms with Crippen molar-refractivity contribution < 1.29 is 18.1 Å². The Morgan fingerprint density at radius 3 is 2.52 bits per heavy atom. The Labute approximate surface area is 159 Å². The first-order valence-electron chi connectivity index (χ1n) is 7.18. The summed E-state index contributed by atoms with van der Waals surface area (Å²) in [5.41, 5.74) is -1.74. The van der Waals surface area contributed by atoms with E-state index in [2.05, 4.69) is 5.10 Å². The Hall–Kier alpha value is -2.92. The van der Waals surface area contributed by atoms with Crippen LogP contribution >= 0.6 is 23.8 Å². The highest BCUT2D eigenvalue weighted by Gasteiger charge is 2.33. The molecule has 27 heavy (non-hydrogen) atoms. The quantitative estimate of drug-likeness (QED) is 0.297. The number of aromatic nitrogens is 3. The number of nitrogen functional groups attached to an aromatic ring is 1. The van der Waals surface area contributed by atoms with Gasteiger partial charge in [-0.05, 0) is 36.5 Å². The molecule has 0 aliphatic heterocycles. The number of alkyl halides is 3. The van der Waals surface area contributed by atoms with Crippen molar-refractivity contribution in [2.45, 2.75) is 6.18 Å². The Bertz CT molecular complexity index is 1110. The van der Waals surface area contributed by atoms with Gasteiger partial charge in [-0.15, -0.1) is 5.10 Å². The molecule has 140 valence electrons. The van der Waals surface area contributed by atoms with Gasteiger partial charge < -0.3 is 5.84 Å². The van der Waals surface area contributed by atoms with Gasteiger partial charge in [0.2, 0.25) is 4.77 Å². The molecule has 3 aromatic rings. The second kappa shape index (κ2) is 6.67. The Balaban J connectivity index is 2.22. The molecule has 1 heterocycles.